The van der Waals surface area contributed by atoms with E-state index in [0.717, 1.165) is 71.9 Å². The molecule has 3 heteroatoms. The standard InChI is InChI=1S/C44H27NO2/c1-2-9-31(10-3-1)45(32-22-19-28(20-23-32)34-13-8-16-42-44(34)36-12-5-7-15-41(36)46-42)33-24-21-29-17-18-30-25-43-39(27-38(30)37(29)26-33)35-11-4-6-14-40(35)47-43/h1-27H. The van der Waals surface area contributed by atoms with E-state index in [1.54, 1.807) is 0 Å². The van der Waals surface area contributed by atoms with Crippen molar-refractivity contribution in [2.75, 3.05) is 4.90 Å². The van der Waals surface area contributed by atoms with Gasteiger partial charge in [-0.2, -0.15) is 0 Å². The normalized spacial score (nSPS) is 11.8. The van der Waals surface area contributed by atoms with Gasteiger partial charge in [0.2, 0.25) is 0 Å². The molecule has 0 amide bonds. The third-order valence-corrected chi connectivity index (χ3v) is 9.43. The van der Waals surface area contributed by atoms with Crippen molar-refractivity contribution in [1.82, 2.24) is 0 Å². The highest BCUT2D eigenvalue weighted by atomic mass is 16.3. The van der Waals surface area contributed by atoms with Gasteiger partial charge in [-0.15, -0.1) is 0 Å². The Kier molecular flexibility index (Phi) is 5.57. The van der Waals surface area contributed by atoms with Crippen LogP contribution in [0.5, 0.6) is 0 Å². The van der Waals surface area contributed by atoms with E-state index < -0.39 is 0 Å². The minimum Gasteiger partial charge on any atom is -0.456 e. The fourth-order valence-corrected chi connectivity index (χ4v) is 7.23. The first-order valence-corrected chi connectivity index (χ1v) is 15.9. The molecule has 0 spiro atoms. The van der Waals surface area contributed by atoms with Gasteiger partial charge in [0.05, 0.1) is 0 Å². The van der Waals surface area contributed by atoms with Crippen molar-refractivity contribution in [3.05, 3.63) is 164 Å². The maximum Gasteiger partial charge on any atom is 0.136 e. The zero-order valence-electron chi connectivity index (χ0n) is 25.4. The van der Waals surface area contributed by atoms with E-state index in [0.29, 0.717) is 0 Å². The number of furan rings is 2. The van der Waals surface area contributed by atoms with Crippen LogP contribution in [0, 0.1) is 0 Å². The van der Waals surface area contributed by atoms with Gasteiger partial charge in [-0.05, 0) is 99.4 Å². The highest BCUT2D eigenvalue weighted by Gasteiger charge is 2.17. The molecule has 0 aliphatic heterocycles. The summed E-state index contributed by atoms with van der Waals surface area (Å²) < 4.78 is 12.4. The van der Waals surface area contributed by atoms with Gasteiger partial charge >= 0.3 is 0 Å². The van der Waals surface area contributed by atoms with Gasteiger partial charge in [0.25, 0.3) is 0 Å². The summed E-state index contributed by atoms with van der Waals surface area (Å²) in [6, 6.07) is 58.0. The topological polar surface area (TPSA) is 29.5 Å². The van der Waals surface area contributed by atoms with E-state index in [1.807, 2.05) is 30.3 Å². The minimum atomic E-state index is 0.905. The van der Waals surface area contributed by atoms with Crippen LogP contribution in [0.3, 0.4) is 0 Å². The average molecular weight is 602 g/mol. The lowest BCUT2D eigenvalue weighted by molar-refractivity contribution is 0.669. The lowest BCUT2D eigenvalue weighted by Gasteiger charge is -2.26. The Hall–Kier alpha value is -6.32. The number of rotatable bonds is 4. The molecule has 220 valence electrons. The van der Waals surface area contributed by atoms with E-state index in [1.165, 1.54) is 21.7 Å². The SMILES string of the molecule is c1ccc(N(c2ccc(-c3cccc4oc5ccccc5c34)cc2)c2ccc3ccc4cc5oc6ccccc6c5cc4c3c2)cc1. The van der Waals surface area contributed by atoms with Crippen LogP contribution in [-0.2, 0) is 0 Å². The van der Waals surface area contributed by atoms with Crippen molar-refractivity contribution in [3.63, 3.8) is 0 Å². The number of hydrogen-bond acceptors (Lipinski definition) is 3. The van der Waals surface area contributed by atoms with Crippen LogP contribution < -0.4 is 4.90 Å². The minimum absolute atomic E-state index is 0.905. The summed E-state index contributed by atoms with van der Waals surface area (Å²) >= 11 is 0. The van der Waals surface area contributed by atoms with Crippen LogP contribution in [0.4, 0.5) is 17.1 Å². The predicted octanol–water partition coefficient (Wildman–Crippen LogP) is 12.9. The molecule has 2 aromatic heterocycles. The third-order valence-electron chi connectivity index (χ3n) is 9.43. The fourth-order valence-electron chi connectivity index (χ4n) is 7.23. The third kappa shape index (κ3) is 4.07. The van der Waals surface area contributed by atoms with E-state index in [9.17, 15) is 0 Å². The first-order chi connectivity index (χ1) is 23.3. The Labute approximate surface area is 270 Å². The van der Waals surface area contributed by atoms with Crippen LogP contribution >= 0.6 is 0 Å². The average Bonchev–Trinajstić information content (AvgIpc) is 3.69. The Bertz CT molecular complexity index is 2790. The van der Waals surface area contributed by atoms with Gasteiger partial charge < -0.3 is 13.7 Å². The summed E-state index contributed by atoms with van der Waals surface area (Å²) in [5.74, 6) is 0. The van der Waals surface area contributed by atoms with Crippen molar-refractivity contribution in [1.29, 1.82) is 0 Å². The highest BCUT2D eigenvalue weighted by molar-refractivity contribution is 6.17. The summed E-state index contributed by atoms with van der Waals surface area (Å²) in [6.07, 6.45) is 0. The van der Waals surface area contributed by atoms with Crippen LogP contribution in [0.1, 0.15) is 0 Å². The van der Waals surface area contributed by atoms with Crippen molar-refractivity contribution >= 4 is 82.5 Å². The molecule has 0 unspecified atom stereocenters. The Morgan fingerprint density at radius 3 is 1.81 bits per heavy atom. The van der Waals surface area contributed by atoms with Crippen molar-refractivity contribution in [2.45, 2.75) is 0 Å². The summed E-state index contributed by atoms with van der Waals surface area (Å²) in [7, 11) is 0. The molecule has 0 saturated heterocycles. The second kappa shape index (κ2) is 10.1. The first-order valence-electron chi connectivity index (χ1n) is 15.9. The summed E-state index contributed by atoms with van der Waals surface area (Å²) in [4.78, 5) is 2.33. The summed E-state index contributed by atoms with van der Waals surface area (Å²) in [6.45, 7) is 0. The molecule has 8 aromatic carbocycles. The van der Waals surface area contributed by atoms with Crippen LogP contribution in [0.2, 0.25) is 0 Å². The van der Waals surface area contributed by atoms with Gasteiger partial charge in [-0.1, -0.05) is 97.1 Å². The quantitative estimate of drug-likeness (QED) is 0.188. The number of benzene rings is 8. The summed E-state index contributed by atoms with van der Waals surface area (Å²) in [5.41, 5.74) is 9.26. The van der Waals surface area contributed by atoms with Gasteiger partial charge in [0.1, 0.15) is 22.3 Å². The molecule has 10 aromatic rings. The Morgan fingerprint density at radius 1 is 0.340 bits per heavy atom. The second-order valence-corrected chi connectivity index (χ2v) is 12.1. The number of anilines is 3. The Morgan fingerprint density at radius 2 is 0.957 bits per heavy atom. The van der Waals surface area contributed by atoms with Crippen LogP contribution in [0.25, 0.3) is 76.5 Å². The number of para-hydroxylation sites is 3. The molecule has 0 radical (unpaired) electrons. The number of hydrogen-bond donors (Lipinski definition) is 0. The summed E-state index contributed by atoms with van der Waals surface area (Å²) in [5, 5.41) is 9.36. The molecule has 10 rings (SSSR count). The monoisotopic (exact) mass is 601 g/mol. The highest BCUT2D eigenvalue weighted by Crippen LogP contribution is 2.41. The van der Waals surface area contributed by atoms with Gasteiger partial charge in [-0.3, -0.25) is 0 Å². The van der Waals surface area contributed by atoms with E-state index in [4.69, 9.17) is 8.83 Å². The lowest BCUT2D eigenvalue weighted by atomic mass is 9.98. The number of nitrogens with zero attached hydrogens (tertiary/aromatic N) is 1. The van der Waals surface area contributed by atoms with E-state index >= 15 is 0 Å². The molecule has 0 N–H and O–H groups in total. The van der Waals surface area contributed by atoms with Gasteiger partial charge in [0, 0.05) is 38.6 Å². The fraction of sp³-hybridized carbons (Fsp3) is 0. The molecule has 3 nitrogen and oxygen atoms in total. The van der Waals surface area contributed by atoms with E-state index in [2.05, 4.69) is 138 Å². The molecule has 0 atom stereocenters. The molecule has 0 saturated carbocycles. The van der Waals surface area contributed by atoms with Gasteiger partial charge in [0.15, 0.2) is 0 Å². The second-order valence-electron chi connectivity index (χ2n) is 12.1. The molecule has 0 aliphatic carbocycles. The predicted molar refractivity (Wildman–Crippen MR) is 196 cm³/mol. The lowest BCUT2D eigenvalue weighted by Crippen LogP contribution is -2.09. The maximum absolute atomic E-state index is 6.22. The van der Waals surface area contributed by atoms with Crippen molar-refractivity contribution in [2.24, 2.45) is 0 Å². The maximum atomic E-state index is 6.22. The molecule has 0 aliphatic rings. The van der Waals surface area contributed by atoms with Crippen molar-refractivity contribution in [3.8, 4) is 11.1 Å². The molecule has 0 bridgehead atoms. The van der Waals surface area contributed by atoms with Crippen LogP contribution in [-0.4, -0.2) is 0 Å². The molecule has 47 heavy (non-hydrogen) atoms. The van der Waals surface area contributed by atoms with Crippen molar-refractivity contribution < 1.29 is 8.83 Å². The smallest absolute Gasteiger partial charge is 0.136 e. The number of fused-ring (bicyclic) bond motifs is 9. The molecular weight excluding hydrogens is 574 g/mol. The molecular formula is C44H27NO2. The van der Waals surface area contributed by atoms with Crippen LogP contribution in [0.15, 0.2) is 173 Å². The van der Waals surface area contributed by atoms with Gasteiger partial charge in [-0.25, -0.2) is 0 Å². The largest absolute Gasteiger partial charge is 0.456 e. The van der Waals surface area contributed by atoms with E-state index in [-0.39, 0.29) is 0 Å². The Balaban J connectivity index is 1.14. The first kappa shape index (κ1) is 26.0. The zero-order valence-corrected chi connectivity index (χ0v) is 25.4. The molecule has 2 heterocycles. The zero-order chi connectivity index (χ0) is 30.9. The molecule has 0 fully saturated rings.